The molecular formula is C16H16FNO2S. The first kappa shape index (κ1) is 14.2. The predicted octanol–water partition coefficient (Wildman–Crippen LogP) is 3.39. The molecule has 0 bridgehead atoms. The highest BCUT2D eigenvalue weighted by Gasteiger charge is 2.16. The van der Waals surface area contributed by atoms with Gasteiger partial charge in [-0.3, -0.25) is 0 Å². The van der Waals surface area contributed by atoms with E-state index in [9.17, 15) is 4.39 Å². The summed E-state index contributed by atoms with van der Waals surface area (Å²) in [5.41, 5.74) is 6.73. The van der Waals surface area contributed by atoms with Crippen molar-refractivity contribution in [2.24, 2.45) is 5.73 Å². The van der Waals surface area contributed by atoms with Gasteiger partial charge in [-0.15, -0.1) is 11.8 Å². The molecule has 1 aliphatic rings. The van der Waals surface area contributed by atoms with Gasteiger partial charge in [-0.05, 0) is 35.9 Å². The van der Waals surface area contributed by atoms with Crippen LogP contribution in [0.15, 0.2) is 47.4 Å². The summed E-state index contributed by atoms with van der Waals surface area (Å²) in [7, 11) is 0. The molecule has 2 aromatic carbocycles. The van der Waals surface area contributed by atoms with Crippen LogP contribution < -0.4 is 15.2 Å². The van der Waals surface area contributed by atoms with E-state index in [-0.39, 0.29) is 11.1 Å². The van der Waals surface area contributed by atoms with Gasteiger partial charge >= 0.3 is 0 Å². The Balaban J connectivity index is 1.81. The van der Waals surface area contributed by atoms with Crippen LogP contribution >= 0.6 is 11.8 Å². The lowest BCUT2D eigenvalue weighted by Gasteiger charge is -2.20. The van der Waals surface area contributed by atoms with Gasteiger partial charge in [0.05, 0.1) is 0 Å². The summed E-state index contributed by atoms with van der Waals surface area (Å²) < 4.78 is 24.4. The molecule has 3 rings (SSSR count). The number of rotatable bonds is 4. The molecule has 1 unspecified atom stereocenters. The summed E-state index contributed by atoms with van der Waals surface area (Å²) in [6.45, 7) is 1.57. The summed E-state index contributed by atoms with van der Waals surface area (Å²) in [5.74, 6) is 1.27. The highest BCUT2D eigenvalue weighted by Crippen LogP contribution is 2.39. The lowest BCUT2D eigenvalue weighted by atomic mass is 10.1. The minimum atomic E-state index is -0.242. The maximum absolute atomic E-state index is 13.3. The Hall–Kier alpha value is -1.72. The van der Waals surface area contributed by atoms with E-state index in [0.717, 1.165) is 22.0 Å². The van der Waals surface area contributed by atoms with Crippen LogP contribution in [0.2, 0.25) is 0 Å². The smallest absolute Gasteiger partial charge is 0.162 e. The van der Waals surface area contributed by atoms with Gasteiger partial charge in [0.15, 0.2) is 11.5 Å². The summed E-state index contributed by atoms with van der Waals surface area (Å²) in [6, 6.07) is 12.4. The highest BCUT2D eigenvalue weighted by molar-refractivity contribution is 7.99. The van der Waals surface area contributed by atoms with Crippen LogP contribution in [0, 0.1) is 5.82 Å². The third-order valence-corrected chi connectivity index (χ3v) is 4.50. The Bertz CT molecular complexity index is 635. The van der Waals surface area contributed by atoms with Gasteiger partial charge in [0.2, 0.25) is 0 Å². The molecule has 110 valence electrons. The molecule has 1 heterocycles. The van der Waals surface area contributed by atoms with Crippen LogP contribution in [0.1, 0.15) is 10.8 Å². The Labute approximate surface area is 127 Å². The molecule has 2 N–H and O–H groups in total. The van der Waals surface area contributed by atoms with Gasteiger partial charge in [-0.25, -0.2) is 4.39 Å². The molecule has 1 atom stereocenters. The summed E-state index contributed by atoms with van der Waals surface area (Å²) in [4.78, 5) is 1.03. The van der Waals surface area contributed by atoms with Crippen molar-refractivity contribution in [1.29, 1.82) is 0 Å². The lowest BCUT2D eigenvalue weighted by Crippen LogP contribution is -2.15. The van der Waals surface area contributed by atoms with Gasteiger partial charge in [0.1, 0.15) is 19.0 Å². The Kier molecular flexibility index (Phi) is 4.31. The fraction of sp³-hybridized carbons (Fsp3) is 0.250. The van der Waals surface area contributed by atoms with E-state index in [2.05, 4.69) is 0 Å². The average molecular weight is 305 g/mol. The van der Waals surface area contributed by atoms with Crippen LogP contribution in [0.4, 0.5) is 4.39 Å². The molecule has 0 radical (unpaired) electrons. The fourth-order valence-corrected chi connectivity index (χ4v) is 3.25. The monoisotopic (exact) mass is 305 g/mol. The highest BCUT2D eigenvalue weighted by atomic mass is 32.2. The minimum Gasteiger partial charge on any atom is -0.486 e. The van der Waals surface area contributed by atoms with Crippen molar-refractivity contribution in [2.75, 3.05) is 19.8 Å². The fourth-order valence-electron chi connectivity index (χ4n) is 2.22. The number of thioether (sulfide) groups is 1. The zero-order valence-corrected chi connectivity index (χ0v) is 12.2. The average Bonchev–Trinajstić information content (AvgIpc) is 2.52. The quantitative estimate of drug-likeness (QED) is 0.880. The van der Waals surface area contributed by atoms with E-state index >= 15 is 0 Å². The Morgan fingerprint density at radius 1 is 1.10 bits per heavy atom. The zero-order chi connectivity index (χ0) is 14.7. The summed E-state index contributed by atoms with van der Waals surface area (Å²) >= 11 is 1.60. The number of fused-ring (bicyclic) bond motifs is 1. The van der Waals surface area contributed by atoms with Crippen molar-refractivity contribution in [3.05, 3.63) is 53.8 Å². The van der Waals surface area contributed by atoms with E-state index in [1.165, 1.54) is 12.1 Å². The third kappa shape index (κ3) is 3.31. The SMILES string of the molecule is NCC(Sc1ccc2c(c1)OCCO2)c1cccc(F)c1. The van der Waals surface area contributed by atoms with Crippen molar-refractivity contribution >= 4 is 11.8 Å². The van der Waals surface area contributed by atoms with Crippen LogP contribution in [-0.2, 0) is 0 Å². The Morgan fingerprint density at radius 3 is 2.67 bits per heavy atom. The van der Waals surface area contributed by atoms with Gasteiger partial charge < -0.3 is 15.2 Å². The number of halogens is 1. The number of ether oxygens (including phenoxy) is 2. The molecular weight excluding hydrogens is 289 g/mol. The first-order valence-corrected chi connectivity index (χ1v) is 7.66. The van der Waals surface area contributed by atoms with E-state index in [1.807, 2.05) is 24.3 Å². The second-order valence-electron chi connectivity index (χ2n) is 4.70. The number of benzene rings is 2. The molecule has 0 saturated heterocycles. The first-order chi connectivity index (χ1) is 10.3. The number of hydrogen-bond acceptors (Lipinski definition) is 4. The van der Waals surface area contributed by atoms with Crippen molar-refractivity contribution in [1.82, 2.24) is 0 Å². The normalized spacial score (nSPS) is 14.8. The van der Waals surface area contributed by atoms with E-state index < -0.39 is 0 Å². The molecule has 2 aromatic rings. The van der Waals surface area contributed by atoms with E-state index in [0.29, 0.717) is 19.8 Å². The molecule has 0 aromatic heterocycles. The van der Waals surface area contributed by atoms with Crippen molar-refractivity contribution in [3.63, 3.8) is 0 Å². The molecule has 5 heteroatoms. The molecule has 0 saturated carbocycles. The minimum absolute atomic E-state index is 0.00302. The lowest BCUT2D eigenvalue weighted by molar-refractivity contribution is 0.171. The number of nitrogens with two attached hydrogens (primary N) is 1. The molecule has 0 aliphatic carbocycles. The topological polar surface area (TPSA) is 44.5 Å². The molecule has 0 amide bonds. The van der Waals surface area contributed by atoms with Crippen molar-refractivity contribution < 1.29 is 13.9 Å². The molecule has 3 nitrogen and oxygen atoms in total. The summed E-state index contributed by atoms with van der Waals surface area (Å²) in [6.07, 6.45) is 0. The maximum Gasteiger partial charge on any atom is 0.162 e. The van der Waals surface area contributed by atoms with Gasteiger partial charge in [0, 0.05) is 16.7 Å². The zero-order valence-electron chi connectivity index (χ0n) is 11.4. The van der Waals surface area contributed by atoms with Crippen LogP contribution in [0.5, 0.6) is 11.5 Å². The second-order valence-corrected chi connectivity index (χ2v) is 5.98. The van der Waals surface area contributed by atoms with Crippen molar-refractivity contribution in [2.45, 2.75) is 10.1 Å². The molecule has 21 heavy (non-hydrogen) atoms. The third-order valence-electron chi connectivity index (χ3n) is 3.23. The van der Waals surface area contributed by atoms with Gasteiger partial charge in [-0.1, -0.05) is 12.1 Å². The van der Waals surface area contributed by atoms with E-state index in [1.54, 1.807) is 17.8 Å². The standard InChI is InChI=1S/C16H16FNO2S/c17-12-3-1-2-11(8-12)16(10-18)21-13-4-5-14-15(9-13)20-7-6-19-14/h1-5,8-9,16H,6-7,10,18H2. The first-order valence-electron chi connectivity index (χ1n) is 6.78. The summed E-state index contributed by atoms with van der Waals surface area (Å²) in [5, 5.41) is 0.00302. The molecule has 1 aliphatic heterocycles. The predicted molar refractivity (Wildman–Crippen MR) is 81.5 cm³/mol. The van der Waals surface area contributed by atoms with Gasteiger partial charge in [-0.2, -0.15) is 0 Å². The Morgan fingerprint density at radius 2 is 1.90 bits per heavy atom. The van der Waals surface area contributed by atoms with E-state index in [4.69, 9.17) is 15.2 Å². The van der Waals surface area contributed by atoms with Crippen LogP contribution in [0.25, 0.3) is 0 Å². The van der Waals surface area contributed by atoms with Gasteiger partial charge in [0.25, 0.3) is 0 Å². The maximum atomic E-state index is 13.3. The largest absolute Gasteiger partial charge is 0.486 e. The second kappa shape index (κ2) is 6.37. The van der Waals surface area contributed by atoms with Crippen molar-refractivity contribution in [3.8, 4) is 11.5 Å². The number of hydrogen-bond donors (Lipinski definition) is 1. The van der Waals surface area contributed by atoms with Crippen LogP contribution in [-0.4, -0.2) is 19.8 Å². The molecule has 0 spiro atoms. The van der Waals surface area contributed by atoms with Crippen LogP contribution in [0.3, 0.4) is 0 Å². The molecule has 0 fully saturated rings.